The summed E-state index contributed by atoms with van der Waals surface area (Å²) < 4.78 is 0. The first-order valence-corrected chi connectivity index (χ1v) is 6.67. The minimum atomic E-state index is -0.271. The fraction of sp³-hybridized carbons (Fsp3) is 0.0667. The van der Waals surface area contributed by atoms with Crippen LogP contribution in [0, 0.1) is 6.92 Å². The smallest absolute Gasteiger partial charge is 0.249 e. The number of halogens is 2. The van der Waals surface area contributed by atoms with Gasteiger partial charge in [0.15, 0.2) is 0 Å². The molecule has 0 aliphatic rings. The molecule has 1 aromatic heterocycles. The Hall–Kier alpha value is -1.84. The van der Waals surface area contributed by atoms with Crippen LogP contribution < -0.4 is 5.32 Å². The topological polar surface area (TPSA) is 42.0 Å². The number of nitrogens with zero attached hydrogens (tertiary/aromatic N) is 1. The minimum Gasteiger partial charge on any atom is -0.307 e. The summed E-state index contributed by atoms with van der Waals surface area (Å²) >= 11 is 11.8. The molecule has 0 aliphatic heterocycles. The highest BCUT2D eigenvalue weighted by molar-refractivity contribution is 6.35. The van der Waals surface area contributed by atoms with E-state index in [9.17, 15) is 4.79 Å². The molecule has 3 nitrogen and oxygen atoms in total. The van der Waals surface area contributed by atoms with Crippen LogP contribution in [0.3, 0.4) is 0 Å². The Balaban J connectivity index is 2.03. The lowest BCUT2D eigenvalue weighted by molar-refractivity contribution is -0.111. The van der Waals surface area contributed by atoms with E-state index in [1.165, 1.54) is 6.08 Å². The van der Waals surface area contributed by atoms with Crippen molar-refractivity contribution in [2.45, 2.75) is 6.92 Å². The van der Waals surface area contributed by atoms with Gasteiger partial charge in [0.2, 0.25) is 5.91 Å². The summed E-state index contributed by atoms with van der Waals surface area (Å²) in [4.78, 5) is 15.8. The summed E-state index contributed by atoms with van der Waals surface area (Å²) in [6.45, 7) is 1.93. The molecule has 102 valence electrons. The summed E-state index contributed by atoms with van der Waals surface area (Å²) in [6, 6.07) is 8.71. The van der Waals surface area contributed by atoms with Crippen LogP contribution in [-0.4, -0.2) is 10.9 Å². The minimum absolute atomic E-state index is 0.271. The fourth-order valence-corrected chi connectivity index (χ4v) is 1.98. The van der Waals surface area contributed by atoms with Crippen LogP contribution >= 0.6 is 23.2 Å². The average molecular weight is 307 g/mol. The molecule has 0 fully saturated rings. The van der Waals surface area contributed by atoms with Gasteiger partial charge in [0.05, 0.1) is 0 Å². The molecule has 0 bridgehead atoms. The molecule has 1 amide bonds. The van der Waals surface area contributed by atoms with Crippen LogP contribution in [0.25, 0.3) is 6.08 Å². The van der Waals surface area contributed by atoms with Crippen molar-refractivity contribution in [2.75, 3.05) is 5.32 Å². The van der Waals surface area contributed by atoms with E-state index in [2.05, 4.69) is 10.3 Å². The molecule has 0 saturated heterocycles. The highest BCUT2D eigenvalue weighted by atomic mass is 35.5. The maximum absolute atomic E-state index is 11.7. The lowest BCUT2D eigenvalue weighted by Crippen LogP contribution is -2.08. The maximum Gasteiger partial charge on any atom is 0.249 e. The van der Waals surface area contributed by atoms with Gasteiger partial charge >= 0.3 is 0 Å². The highest BCUT2D eigenvalue weighted by Gasteiger charge is 2.01. The Bertz CT molecular complexity index is 651. The summed E-state index contributed by atoms with van der Waals surface area (Å²) in [6.07, 6.45) is 4.72. The molecule has 5 heteroatoms. The molecule has 2 rings (SSSR count). The summed E-state index contributed by atoms with van der Waals surface area (Å²) in [5.41, 5.74) is 1.76. The molecule has 1 heterocycles. The third-order valence-electron chi connectivity index (χ3n) is 2.54. The standard InChI is InChI=1S/C15H12Cl2N2O/c1-10-2-6-14(18-9-10)19-15(20)7-4-11-3-5-12(16)8-13(11)17/h2-9H,1H3,(H,18,19,20)/b7-4+. The SMILES string of the molecule is Cc1ccc(NC(=O)/C=C/c2ccc(Cl)cc2Cl)nc1. The molecule has 0 unspecified atom stereocenters. The van der Waals surface area contributed by atoms with Crippen molar-refractivity contribution >= 4 is 41.0 Å². The van der Waals surface area contributed by atoms with Crippen LogP contribution in [0.15, 0.2) is 42.6 Å². The lowest BCUT2D eigenvalue weighted by atomic mass is 10.2. The zero-order valence-corrected chi connectivity index (χ0v) is 12.2. The Morgan fingerprint density at radius 1 is 1.25 bits per heavy atom. The molecule has 20 heavy (non-hydrogen) atoms. The number of aryl methyl sites for hydroxylation is 1. The molecule has 1 N–H and O–H groups in total. The normalized spacial score (nSPS) is 10.8. The molecular formula is C15H12Cl2N2O. The summed E-state index contributed by atoms with van der Waals surface area (Å²) in [5, 5.41) is 3.72. The van der Waals surface area contributed by atoms with Crippen molar-refractivity contribution in [3.63, 3.8) is 0 Å². The molecule has 1 aromatic carbocycles. The first-order valence-electron chi connectivity index (χ1n) is 5.91. The second-order valence-corrected chi connectivity index (χ2v) is 5.05. The van der Waals surface area contributed by atoms with Gasteiger partial charge in [0, 0.05) is 22.3 Å². The van der Waals surface area contributed by atoms with E-state index in [1.807, 2.05) is 13.0 Å². The number of carbonyl (C=O) groups excluding carboxylic acids is 1. The van der Waals surface area contributed by atoms with Crippen LogP contribution in [0.5, 0.6) is 0 Å². The van der Waals surface area contributed by atoms with E-state index in [0.717, 1.165) is 11.1 Å². The number of anilines is 1. The molecule has 0 atom stereocenters. The average Bonchev–Trinajstić information content (AvgIpc) is 2.40. The van der Waals surface area contributed by atoms with Crippen molar-refractivity contribution in [1.82, 2.24) is 4.98 Å². The van der Waals surface area contributed by atoms with E-state index in [0.29, 0.717) is 15.9 Å². The third-order valence-corrected chi connectivity index (χ3v) is 3.10. The first-order chi connectivity index (χ1) is 9.54. The van der Waals surface area contributed by atoms with Gasteiger partial charge in [-0.3, -0.25) is 4.79 Å². The lowest BCUT2D eigenvalue weighted by Gasteiger charge is -2.01. The molecule has 2 aromatic rings. The monoisotopic (exact) mass is 306 g/mol. The Labute approximate surface area is 127 Å². The van der Waals surface area contributed by atoms with Gasteiger partial charge in [0.1, 0.15) is 5.82 Å². The van der Waals surface area contributed by atoms with Gasteiger partial charge in [-0.05, 0) is 42.3 Å². The van der Waals surface area contributed by atoms with Gasteiger partial charge in [-0.25, -0.2) is 4.98 Å². The number of carbonyl (C=O) groups is 1. The van der Waals surface area contributed by atoms with Gasteiger partial charge in [-0.15, -0.1) is 0 Å². The molecular weight excluding hydrogens is 295 g/mol. The Morgan fingerprint density at radius 2 is 2.05 bits per heavy atom. The predicted molar refractivity (Wildman–Crippen MR) is 83.1 cm³/mol. The van der Waals surface area contributed by atoms with Crippen LogP contribution in [-0.2, 0) is 4.79 Å². The molecule has 0 spiro atoms. The van der Waals surface area contributed by atoms with Crippen molar-refractivity contribution in [3.8, 4) is 0 Å². The van der Waals surface area contributed by atoms with E-state index < -0.39 is 0 Å². The van der Waals surface area contributed by atoms with E-state index in [1.54, 1.807) is 36.5 Å². The largest absolute Gasteiger partial charge is 0.307 e. The number of pyridine rings is 1. The summed E-state index contributed by atoms with van der Waals surface area (Å²) in [5.74, 6) is 0.236. The van der Waals surface area contributed by atoms with E-state index in [4.69, 9.17) is 23.2 Å². The predicted octanol–water partition coefficient (Wildman–Crippen LogP) is 4.35. The Kier molecular flexibility index (Phi) is 4.77. The number of hydrogen-bond acceptors (Lipinski definition) is 2. The summed E-state index contributed by atoms with van der Waals surface area (Å²) in [7, 11) is 0. The maximum atomic E-state index is 11.7. The fourth-order valence-electron chi connectivity index (χ4n) is 1.51. The molecule has 0 radical (unpaired) electrons. The zero-order valence-electron chi connectivity index (χ0n) is 10.7. The zero-order chi connectivity index (χ0) is 14.5. The number of hydrogen-bond donors (Lipinski definition) is 1. The van der Waals surface area contributed by atoms with Crippen molar-refractivity contribution < 1.29 is 4.79 Å². The molecule has 0 aliphatic carbocycles. The van der Waals surface area contributed by atoms with Gasteiger partial charge in [0.25, 0.3) is 0 Å². The number of amides is 1. The molecule has 0 saturated carbocycles. The third kappa shape index (κ3) is 4.08. The van der Waals surface area contributed by atoms with E-state index in [-0.39, 0.29) is 5.91 Å². The van der Waals surface area contributed by atoms with E-state index >= 15 is 0 Å². The van der Waals surface area contributed by atoms with Crippen molar-refractivity contribution in [3.05, 3.63) is 63.8 Å². The van der Waals surface area contributed by atoms with Gasteiger partial charge in [-0.2, -0.15) is 0 Å². The second-order valence-electron chi connectivity index (χ2n) is 4.21. The number of benzene rings is 1. The van der Waals surface area contributed by atoms with Crippen LogP contribution in [0.4, 0.5) is 5.82 Å². The first kappa shape index (κ1) is 14.6. The highest BCUT2D eigenvalue weighted by Crippen LogP contribution is 2.21. The Morgan fingerprint density at radius 3 is 2.70 bits per heavy atom. The van der Waals surface area contributed by atoms with Gasteiger partial charge in [-0.1, -0.05) is 35.3 Å². The number of rotatable bonds is 3. The number of nitrogens with one attached hydrogen (secondary N) is 1. The van der Waals surface area contributed by atoms with Crippen molar-refractivity contribution in [1.29, 1.82) is 0 Å². The second kappa shape index (κ2) is 6.55. The number of aromatic nitrogens is 1. The van der Waals surface area contributed by atoms with Gasteiger partial charge < -0.3 is 5.32 Å². The van der Waals surface area contributed by atoms with Crippen LogP contribution in [0.1, 0.15) is 11.1 Å². The van der Waals surface area contributed by atoms with Crippen molar-refractivity contribution in [2.24, 2.45) is 0 Å². The quantitative estimate of drug-likeness (QED) is 0.857. The van der Waals surface area contributed by atoms with Crippen LogP contribution in [0.2, 0.25) is 10.0 Å².